The molecule has 2 atom stereocenters. The molecule has 10 heteroatoms. The molecule has 6 heterocycles. The molecular formula is C23H24FN5O3S. The minimum Gasteiger partial charge on any atom is -0.480 e. The summed E-state index contributed by atoms with van der Waals surface area (Å²) in [5.74, 6) is 1.36. The van der Waals surface area contributed by atoms with Gasteiger partial charge in [-0.2, -0.15) is 0 Å². The van der Waals surface area contributed by atoms with Gasteiger partial charge in [-0.05, 0) is 37.6 Å². The molecule has 3 aliphatic heterocycles. The summed E-state index contributed by atoms with van der Waals surface area (Å²) >= 11 is 1.68. The van der Waals surface area contributed by atoms with Crippen molar-refractivity contribution >= 4 is 22.8 Å². The summed E-state index contributed by atoms with van der Waals surface area (Å²) in [6.45, 7) is 3.48. The zero-order chi connectivity index (χ0) is 22.6. The number of thioether (sulfide) groups is 1. The molecule has 0 aromatic carbocycles. The second-order valence-corrected chi connectivity index (χ2v) is 10.0. The second kappa shape index (κ2) is 8.05. The van der Waals surface area contributed by atoms with Gasteiger partial charge in [0.05, 0.1) is 46.1 Å². The fourth-order valence-electron chi connectivity index (χ4n) is 5.24. The molecule has 1 unspecified atom stereocenters. The summed E-state index contributed by atoms with van der Waals surface area (Å²) in [6.07, 6.45) is 3.91. The molecule has 3 aliphatic rings. The van der Waals surface area contributed by atoms with Crippen molar-refractivity contribution in [1.82, 2.24) is 24.8 Å². The second-order valence-electron chi connectivity index (χ2n) is 9.05. The van der Waals surface area contributed by atoms with E-state index in [-0.39, 0.29) is 24.2 Å². The highest BCUT2D eigenvalue weighted by atomic mass is 32.2. The lowest BCUT2D eigenvalue weighted by Crippen LogP contribution is -2.42. The van der Waals surface area contributed by atoms with Crippen LogP contribution in [-0.4, -0.2) is 56.7 Å². The number of halogens is 1. The van der Waals surface area contributed by atoms with Gasteiger partial charge >= 0.3 is 0 Å². The summed E-state index contributed by atoms with van der Waals surface area (Å²) in [6, 6.07) is 5.07. The molecule has 0 bridgehead atoms. The van der Waals surface area contributed by atoms with Gasteiger partial charge in [0.15, 0.2) is 5.75 Å². The number of rotatable bonds is 6. The number of nitrogens with zero attached hydrogens (tertiary/aromatic N) is 4. The first kappa shape index (κ1) is 21.0. The zero-order valence-corrected chi connectivity index (χ0v) is 18.8. The molecule has 0 aliphatic carbocycles. The Kier molecular flexibility index (Phi) is 5.13. The molecule has 0 saturated carbocycles. The highest BCUT2D eigenvalue weighted by molar-refractivity contribution is 7.99. The summed E-state index contributed by atoms with van der Waals surface area (Å²) in [5.41, 5.74) is 0.414. The van der Waals surface area contributed by atoms with Gasteiger partial charge in [0.25, 0.3) is 5.56 Å². The lowest BCUT2D eigenvalue weighted by Gasteiger charge is -2.29. The number of likely N-dealkylation sites (tertiary alicyclic amines) is 1. The van der Waals surface area contributed by atoms with Gasteiger partial charge in [-0.25, -0.2) is 4.39 Å². The number of fused-ring (bicyclic) bond motifs is 1. The van der Waals surface area contributed by atoms with Crippen LogP contribution < -0.4 is 15.6 Å². The van der Waals surface area contributed by atoms with E-state index in [4.69, 9.17) is 4.74 Å². The Balaban J connectivity index is 1.10. The number of hydrogen-bond acceptors (Lipinski definition) is 8. The van der Waals surface area contributed by atoms with Crippen LogP contribution in [0.25, 0.3) is 11.0 Å². The van der Waals surface area contributed by atoms with Crippen molar-refractivity contribution < 1.29 is 14.2 Å². The number of aromatic nitrogens is 3. The van der Waals surface area contributed by atoms with Gasteiger partial charge in [-0.1, -0.05) is 11.8 Å². The Hall–Kier alpha value is -2.53. The van der Waals surface area contributed by atoms with E-state index < -0.39 is 11.4 Å². The van der Waals surface area contributed by atoms with Gasteiger partial charge in [0.2, 0.25) is 0 Å². The molecule has 0 spiro atoms. The van der Waals surface area contributed by atoms with Crippen molar-refractivity contribution in [2.75, 3.05) is 32.1 Å². The van der Waals surface area contributed by atoms with E-state index >= 15 is 0 Å². The molecule has 172 valence electrons. The normalized spacial score (nSPS) is 23.9. The maximum atomic E-state index is 14.8. The van der Waals surface area contributed by atoms with E-state index in [0.717, 1.165) is 48.6 Å². The van der Waals surface area contributed by atoms with Crippen LogP contribution >= 0.6 is 11.8 Å². The Morgan fingerprint density at radius 2 is 2.24 bits per heavy atom. The molecular weight excluding hydrogens is 445 g/mol. The van der Waals surface area contributed by atoms with E-state index in [1.807, 2.05) is 0 Å². The molecule has 1 saturated heterocycles. The smallest absolute Gasteiger partial charge is 0.251 e. The predicted molar refractivity (Wildman–Crippen MR) is 122 cm³/mol. The topological polar surface area (TPSA) is 92.5 Å². The van der Waals surface area contributed by atoms with Gasteiger partial charge in [-0.15, -0.1) is 0 Å². The van der Waals surface area contributed by atoms with Crippen LogP contribution in [0.2, 0.25) is 0 Å². The van der Waals surface area contributed by atoms with E-state index in [1.165, 1.54) is 10.6 Å². The largest absolute Gasteiger partial charge is 0.480 e. The van der Waals surface area contributed by atoms with E-state index in [1.54, 1.807) is 24.0 Å². The lowest BCUT2D eigenvalue weighted by atomic mass is 9.95. The first-order valence-electron chi connectivity index (χ1n) is 11.1. The molecule has 0 amide bonds. The van der Waals surface area contributed by atoms with Crippen molar-refractivity contribution in [3.05, 3.63) is 58.0 Å². The maximum Gasteiger partial charge on any atom is 0.251 e. The summed E-state index contributed by atoms with van der Waals surface area (Å²) in [5, 5.41) is 15.0. The van der Waals surface area contributed by atoms with Gasteiger partial charge in [-0.3, -0.25) is 19.7 Å². The molecule has 0 radical (unpaired) electrons. The van der Waals surface area contributed by atoms with Crippen molar-refractivity contribution in [2.24, 2.45) is 5.92 Å². The number of nitrogens with one attached hydrogen (secondary N) is 1. The fraction of sp³-hybridized carbons (Fsp3) is 0.435. The molecule has 33 heavy (non-hydrogen) atoms. The summed E-state index contributed by atoms with van der Waals surface area (Å²) < 4.78 is 21.7. The molecule has 3 aromatic rings. The van der Waals surface area contributed by atoms with Crippen LogP contribution in [-0.2, 0) is 18.7 Å². The van der Waals surface area contributed by atoms with Gasteiger partial charge in [0.1, 0.15) is 17.4 Å². The van der Waals surface area contributed by atoms with Crippen molar-refractivity contribution in [1.29, 1.82) is 0 Å². The SMILES string of the molecule is O=c1ccc2ncc(F)c3c2n1CC3(O)CN1CC[C@@H](CNCc2cc3c(cn2)OCS3)C1. The minimum atomic E-state index is -1.45. The zero-order valence-electron chi connectivity index (χ0n) is 18.0. The highest BCUT2D eigenvalue weighted by Gasteiger charge is 2.43. The molecule has 6 rings (SSSR count). The Bertz CT molecular complexity index is 1300. The number of β-amino-alcohol motifs (C(OH)–C–C–N with tert-alkyl or cyclic N) is 1. The minimum absolute atomic E-state index is 0.0479. The average molecular weight is 470 g/mol. The van der Waals surface area contributed by atoms with E-state index in [9.17, 15) is 14.3 Å². The first-order valence-corrected chi connectivity index (χ1v) is 12.1. The lowest BCUT2D eigenvalue weighted by molar-refractivity contribution is -0.00470. The number of ether oxygens (including phenoxy) is 1. The quantitative estimate of drug-likeness (QED) is 0.564. The van der Waals surface area contributed by atoms with Crippen molar-refractivity contribution in [3.63, 3.8) is 0 Å². The molecule has 8 nitrogen and oxygen atoms in total. The number of pyridine rings is 3. The van der Waals surface area contributed by atoms with Gasteiger partial charge < -0.3 is 19.7 Å². The van der Waals surface area contributed by atoms with E-state index in [2.05, 4.69) is 26.3 Å². The third-order valence-electron chi connectivity index (χ3n) is 6.75. The van der Waals surface area contributed by atoms with Crippen LogP contribution in [0.1, 0.15) is 17.7 Å². The van der Waals surface area contributed by atoms with Crippen LogP contribution in [0, 0.1) is 11.7 Å². The number of aliphatic hydroxyl groups is 1. The number of hydrogen-bond donors (Lipinski definition) is 2. The molecule has 3 aromatic heterocycles. The Labute approximate surface area is 193 Å². The van der Waals surface area contributed by atoms with E-state index in [0.29, 0.717) is 29.4 Å². The third-order valence-corrected chi connectivity index (χ3v) is 7.62. The highest BCUT2D eigenvalue weighted by Crippen LogP contribution is 2.38. The summed E-state index contributed by atoms with van der Waals surface area (Å²) in [4.78, 5) is 24.2. The standard InChI is InChI=1S/C23H24FN5O3S/c24-16-8-27-17-1-2-20(30)29-12-23(31,21(16)22(17)29)11-28-4-3-14(10-28)6-25-7-15-5-19-18(9-26-15)32-13-33-19/h1-2,5,8-9,14,25,31H,3-4,6-7,10-13H2/t14-,23?/m0/s1. The molecule has 2 N–H and O–H groups in total. The average Bonchev–Trinajstić information content (AvgIpc) is 3.51. The van der Waals surface area contributed by atoms with Crippen LogP contribution in [0.4, 0.5) is 4.39 Å². The van der Waals surface area contributed by atoms with Crippen molar-refractivity contribution in [2.45, 2.75) is 30.0 Å². The first-order chi connectivity index (χ1) is 16.0. The fourth-order valence-corrected chi connectivity index (χ4v) is 6.03. The van der Waals surface area contributed by atoms with Crippen molar-refractivity contribution in [3.8, 4) is 5.75 Å². The van der Waals surface area contributed by atoms with Crippen LogP contribution in [0.5, 0.6) is 5.75 Å². The monoisotopic (exact) mass is 469 g/mol. The predicted octanol–water partition coefficient (Wildman–Crippen LogP) is 1.69. The van der Waals surface area contributed by atoms with Gasteiger partial charge in [0, 0.05) is 25.7 Å². The van der Waals surface area contributed by atoms with Crippen LogP contribution in [0.15, 0.2) is 40.3 Å². The summed E-state index contributed by atoms with van der Waals surface area (Å²) in [7, 11) is 0. The van der Waals surface area contributed by atoms with Crippen LogP contribution in [0.3, 0.4) is 0 Å². The molecule has 1 fully saturated rings. The third kappa shape index (κ3) is 3.71. The Morgan fingerprint density at radius 3 is 3.15 bits per heavy atom. The maximum absolute atomic E-state index is 14.8. The Morgan fingerprint density at radius 1 is 1.33 bits per heavy atom.